The van der Waals surface area contributed by atoms with Gasteiger partial charge in [0.1, 0.15) is 23.2 Å². The highest BCUT2D eigenvalue weighted by Gasteiger charge is 2.51. The van der Waals surface area contributed by atoms with E-state index in [9.17, 15) is 0 Å². The summed E-state index contributed by atoms with van der Waals surface area (Å²) in [6.07, 6.45) is 8.25. The van der Waals surface area contributed by atoms with Gasteiger partial charge in [-0.3, -0.25) is 0 Å². The molecule has 0 heterocycles. The molecule has 3 aromatic carbocycles. The zero-order valence-corrected chi connectivity index (χ0v) is 19.4. The lowest BCUT2D eigenvalue weighted by Crippen LogP contribution is -2.38. The zero-order valence-electron chi connectivity index (χ0n) is 17.6. The Labute approximate surface area is 185 Å². The van der Waals surface area contributed by atoms with Crippen molar-refractivity contribution in [1.82, 2.24) is 0 Å². The predicted molar refractivity (Wildman–Crippen MR) is 131 cm³/mol. The van der Waals surface area contributed by atoms with E-state index in [4.69, 9.17) is 19.2 Å². The molecule has 0 bridgehead atoms. The number of hydrogen-bond donors (Lipinski definition) is 3. The molecule has 3 aromatic rings. The molecule has 0 radical (unpaired) electrons. The number of rotatable bonds is 4. The first-order valence-electron chi connectivity index (χ1n) is 10.8. The van der Waals surface area contributed by atoms with Gasteiger partial charge >= 0.3 is 7.82 Å². The van der Waals surface area contributed by atoms with E-state index in [1.54, 1.807) is 15.9 Å². The topological polar surface area (TPSA) is 77.8 Å². The van der Waals surface area contributed by atoms with Gasteiger partial charge in [-0.1, -0.05) is 67.4 Å². The Morgan fingerprint density at radius 1 is 0.581 bits per heavy atom. The van der Waals surface area contributed by atoms with Gasteiger partial charge in [0.15, 0.2) is 0 Å². The summed E-state index contributed by atoms with van der Waals surface area (Å²) in [4.78, 5) is 21.6. The summed E-state index contributed by atoms with van der Waals surface area (Å²) in [5, 5.41) is 4.64. The molecule has 0 aromatic heterocycles. The normalized spacial score (nSPS) is 15.5. The Hall–Kier alpha value is -1.80. The van der Waals surface area contributed by atoms with Gasteiger partial charge < -0.3 is 14.7 Å². The van der Waals surface area contributed by atoms with Crippen molar-refractivity contribution in [2.75, 3.05) is 0 Å². The van der Waals surface area contributed by atoms with Crippen LogP contribution in [0.15, 0.2) is 91.0 Å². The molecule has 3 N–H and O–H groups in total. The number of phosphoric acid groups is 1. The van der Waals surface area contributed by atoms with Crippen molar-refractivity contribution in [2.24, 2.45) is 0 Å². The summed E-state index contributed by atoms with van der Waals surface area (Å²) in [6.45, 7) is 0. The van der Waals surface area contributed by atoms with Gasteiger partial charge in [0.25, 0.3) is 0 Å². The van der Waals surface area contributed by atoms with Crippen LogP contribution in [0.1, 0.15) is 38.5 Å². The third kappa shape index (κ3) is 6.35. The van der Waals surface area contributed by atoms with Gasteiger partial charge in [-0.25, -0.2) is 4.57 Å². The smallest absolute Gasteiger partial charge is 0.303 e. The summed E-state index contributed by atoms with van der Waals surface area (Å²) >= 11 is 0. The molecule has 0 spiro atoms. The summed E-state index contributed by atoms with van der Waals surface area (Å²) in [5.74, 6) is 0. The molecule has 0 atom stereocenters. The SMILES string of the molecule is O=P(O)(O)O.c1ccc([P+](c2ccccc2)(c2ccccc2)C2CCCCCC2)cc1. The molecule has 0 unspecified atom stereocenters. The van der Waals surface area contributed by atoms with Gasteiger partial charge in [-0.2, -0.15) is 0 Å². The quantitative estimate of drug-likeness (QED) is 0.390. The van der Waals surface area contributed by atoms with Crippen LogP contribution in [0.3, 0.4) is 0 Å². The van der Waals surface area contributed by atoms with Crippen LogP contribution in [-0.2, 0) is 4.57 Å². The van der Waals surface area contributed by atoms with Crippen molar-refractivity contribution in [3.05, 3.63) is 91.0 Å². The fraction of sp³-hybridized carbons (Fsp3) is 0.280. The fourth-order valence-electron chi connectivity index (χ4n) is 4.71. The fourth-order valence-corrected chi connectivity index (χ4v) is 9.94. The van der Waals surface area contributed by atoms with Gasteiger partial charge in [-0.05, 0) is 62.1 Å². The highest BCUT2D eigenvalue weighted by molar-refractivity contribution is 7.96. The second-order valence-electron chi connectivity index (χ2n) is 7.89. The maximum atomic E-state index is 8.88. The lowest BCUT2D eigenvalue weighted by molar-refractivity contribution is 0.275. The highest BCUT2D eigenvalue weighted by Crippen LogP contribution is 2.62. The molecule has 0 aliphatic heterocycles. The Balaban J connectivity index is 0.000000491. The summed E-state index contributed by atoms with van der Waals surface area (Å²) in [5.41, 5.74) is 0.747. The van der Waals surface area contributed by atoms with Gasteiger partial charge in [0.05, 0.1) is 5.66 Å². The first-order chi connectivity index (χ1) is 14.9. The van der Waals surface area contributed by atoms with Crippen LogP contribution in [-0.4, -0.2) is 20.3 Å². The van der Waals surface area contributed by atoms with E-state index < -0.39 is 15.1 Å². The largest absolute Gasteiger partial charge is 0.466 e. The predicted octanol–water partition coefficient (Wildman–Crippen LogP) is 4.77. The van der Waals surface area contributed by atoms with Crippen LogP contribution in [0.25, 0.3) is 0 Å². The van der Waals surface area contributed by atoms with E-state index in [2.05, 4.69) is 91.0 Å². The average Bonchev–Trinajstić information content (AvgIpc) is 3.06. The third-order valence-corrected chi connectivity index (χ3v) is 10.8. The lowest BCUT2D eigenvalue weighted by Gasteiger charge is -2.34. The van der Waals surface area contributed by atoms with Crippen molar-refractivity contribution in [2.45, 2.75) is 44.2 Å². The second-order valence-corrected chi connectivity index (χ2v) is 12.6. The third-order valence-electron chi connectivity index (χ3n) is 5.86. The Kier molecular flexibility index (Phi) is 8.60. The van der Waals surface area contributed by atoms with E-state index >= 15 is 0 Å². The molecule has 0 saturated heterocycles. The standard InChI is InChI=1S/C25H28P.H3O4P/c1-2-7-15-22(14-6-1)26(23-16-8-3-9-17-23,24-18-10-4-11-19-24)25-20-12-5-13-21-25;1-5(2,3)4/h3-5,8-13,16-22H,1-2,6-7,14-15H2;(H3,1,2,3,4)/q+1;. The van der Waals surface area contributed by atoms with Crippen LogP contribution in [0.2, 0.25) is 0 Å². The van der Waals surface area contributed by atoms with Crippen molar-refractivity contribution in [3.63, 3.8) is 0 Å². The van der Waals surface area contributed by atoms with Crippen LogP contribution in [0, 0.1) is 0 Å². The van der Waals surface area contributed by atoms with E-state index in [1.807, 2.05) is 0 Å². The van der Waals surface area contributed by atoms with E-state index in [0.717, 1.165) is 5.66 Å². The molecule has 1 aliphatic rings. The molecule has 1 fully saturated rings. The Bertz CT molecular complexity index is 846. The highest BCUT2D eigenvalue weighted by atomic mass is 31.2. The van der Waals surface area contributed by atoms with Crippen LogP contribution < -0.4 is 15.9 Å². The van der Waals surface area contributed by atoms with Gasteiger partial charge in [-0.15, -0.1) is 0 Å². The Morgan fingerprint density at radius 3 is 1.16 bits per heavy atom. The maximum absolute atomic E-state index is 8.88. The first-order valence-corrected chi connectivity index (χ1v) is 14.2. The summed E-state index contributed by atoms with van der Waals surface area (Å²) in [6, 6.07) is 34.2. The average molecular weight is 457 g/mol. The first kappa shape index (κ1) is 23.9. The molecule has 0 amide bonds. The molecule has 1 aliphatic carbocycles. The minimum Gasteiger partial charge on any atom is -0.303 e. The monoisotopic (exact) mass is 457 g/mol. The van der Waals surface area contributed by atoms with Gasteiger partial charge in [0, 0.05) is 0 Å². The molecule has 4 nitrogen and oxygen atoms in total. The minimum atomic E-state index is -4.64. The van der Waals surface area contributed by atoms with E-state index in [1.165, 1.54) is 38.5 Å². The Morgan fingerprint density at radius 2 is 0.871 bits per heavy atom. The minimum absolute atomic E-state index is 0.747. The van der Waals surface area contributed by atoms with Crippen molar-refractivity contribution < 1.29 is 19.2 Å². The van der Waals surface area contributed by atoms with Crippen LogP contribution in [0.5, 0.6) is 0 Å². The van der Waals surface area contributed by atoms with Crippen molar-refractivity contribution in [3.8, 4) is 0 Å². The molecular formula is C25H31O4P2+. The summed E-state index contributed by atoms with van der Waals surface area (Å²) in [7, 11) is -6.30. The molecule has 6 heteroatoms. The summed E-state index contributed by atoms with van der Waals surface area (Å²) < 4.78 is 8.88. The van der Waals surface area contributed by atoms with E-state index in [-0.39, 0.29) is 0 Å². The van der Waals surface area contributed by atoms with Gasteiger partial charge in [0.2, 0.25) is 0 Å². The second kappa shape index (κ2) is 11.2. The molecule has 1 saturated carbocycles. The zero-order chi connectivity index (χ0) is 22.2. The van der Waals surface area contributed by atoms with Crippen molar-refractivity contribution in [1.29, 1.82) is 0 Å². The lowest BCUT2D eigenvalue weighted by atomic mass is 10.2. The number of benzene rings is 3. The van der Waals surface area contributed by atoms with Crippen LogP contribution >= 0.6 is 15.1 Å². The molecular weight excluding hydrogens is 426 g/mol. The van der Waals surface area contributed by atoms with Crippen LogP contribution in [0.4, 0.5) is 0 Å². The van der Waals surface area contributed by atoms with Crippen molar-refractivity contribution >= 4 is 31.0 Å². The maximum Gasteiger partial charge on any atom is 0.466 e. The van der Waals surface area contributed by atoms with E-state index in [0.29, 0.717) is 0 Å². The molecule has 164 valence electrons. The number of hydrogen-bond acceptors (Lipinski definition) is 1. The molecule has 31 heavy (non-hydrogen) atoms. The molecule has 4 rings (SSSR count).